The van der Waals surface area contributed by atoms with E-state index in [4.69, 9.17) is 5.73 Å². The Labute approximate surface area is 101 Å². The van der Waals surface area contributed by atoms with Crippen molar-refractivity contribution in [1.82, 2.24) is 0 Å². The van der Waals surface area contributed by atoms with Crippen LogP contribution in [0.5, 0.6) is 0 Å². The van der Waals surface area contributed by atoms with Crippen molar-refractivity contribution in [2.24, 2.45) is 5.73 Å². The molecule has 0 heterocycles. The summed E-state index contributed by atoms with van der Waals surface area (Å²) in [6.45, 7) is 0.656. The first kappa shape index (κ1) is 11.8. The molecular weight excluding hydrogens is 210 g/mol. The third-order valence-electron chi connectivity index (χ3n) is 2.95. The third kappa shape index (κ3) is 2.71. The van der Waals surface area contributed by atoms with Gasteiger partial charge < -0.3 is 5.73 Å². The second-order valence-electron chi connectivity index (χ2n) is 4.20. The zero-order chi connectivity index (χ0) is 12.1. The van der Waals surface area contributed by atoms with Crippen molar-refractivity contribution < 1.29 is 4.79 Å². The van der Waals surface area contributed by atoms with Gasteiger partial charge in [0.15, 0.2) is 5.78 Å². The highest BCUT2D eigenvalue weighted by molar-refractivity contribution is 6.08. The quantitative estimate of drug-likeness (QED) is 0.630. The summed E-state index contributed by atoms with van der Waals surface area (Å²) in [6, 6.07) is 13.9. The van der Waals surface area contributed by atoms with E-state index in [0.717, 1.165) is 29.2 Å². The SMILES string of the molecule is NCCCCC(=O)c1cccc2ccccc12. The number of carbonyl (C=O) groups excluding carboxylic acids is 1. The van der Waals surface area contributed by atoms with E-state index in [1.54, 1.807) is 0 Å². The largest absolute Gasteiger partial charge is 0.330 e. The number of benzene rings is 2. The van der Waals surface area contributed by atoms with Gasteiger partial charge in [0.2, 0.25) is 0 Å². The van der Waals surface area contributed by atoms with Gasteiger partial charge in [-0.25, -0.2) is 0 Å². The molecule has 2 aromatic rings. The fourth-order valence-corrected chi connectivity index (χ4v) is 2.03. The number of Topliss-reactive ketones (excluding diaryl/α,β-unsaturated/α-hetero) is 1. The summed E-state index contributed by atoms with van der Waals surface area (Å²) in [7, 11) is 0. The molecule has 2 aromatic carbocycles. The van der Waals surface area contributed by atoms with Gasteiger partial charge in [-0.3, -0.25) is 4.79 Å². The van der Waals surface area contributed by atoms with Crippen LogP contribution in [0.25, 0.3) is 10.8 Å². The summed E-state index contributed by atoms with van der Waals surface area (Å²) in [5, 5.41) is 2.17. The lowest BCUT2D eigenvalue weighted by atomic mass is 9.99. The molecule has 88 valence electrons. The van der Waals surface area contributed by atoms with Gasteiger partial charge in [-0.05, 0) is 30.2 Å². The molecule has 0 aliphatic carbocycles. The maximum Gasteiger partial charge on any atom is 0.163 e. The van der Waals surface area contributed by atoms with Gasteiger partial charge in [0.25, 0.3) is 0 Å². The smallest absolute Gasteiger partial charge is 0.163 e. The molecule has 2 nitrogen and oxygen atoms in total. The Morgan fingerprint density at radius 2 is 1.76 bits per heavy atom. The zero-order valence-corrected chi connectivity index (χ0v) is 9.86. The molecule has 0 spiro atoms. The number of unbranched alkanes of at least 4 members (excludes halogenated alkanes) is 1. The minimum atomic E-state index is 0.218. The van der Waals surface area contributed by atoms with Crippen molar-refractivity contribution in [2.75, 3.05) is 6.54 Å². The Morgan fingerprint density at radius 1 is 1.00 bits per heavy atom. The second-order valence-corrected chi connectivity index (χ2v) is 4.20. The van der Waals surface area contributed by atoms with Crippen LogP contribution >= 0.6 is 0 Å². The first-order chi connectivity index (χ1) is 8.33. The van der Waals surface area contributed by atoms with Crippen LogP contribution in [0.3, 0.4) is 0 Å². The van der Waals surface area contributed by atoms with E-state index in [0.29, 0.717) is 13.0 Å². The van der Waals surface area contributed by atoms with Crippen LogP contribution in [-0.2, 0) is 0 Å². The Morgan fingerprint density at radius 3 is 2.59 bits per heavy atom. The van der Waals surface area contributed by atoms with E-state index in [-0.39, 0.29) is 5.78 Å². The molecule has 0 fully saturated rings. The molecule has 17 heavy (non-hydrogen) atoms. The highest BCUT2D eigenvalue weighted by atomic mass is 16.1. The summed E-state index contributed by atoms with van der Waals surface area (Å²) in [6.07, 6.45) is 2.38. The predicted molar refractivity (Wildman–Crippen MR) is 71.2 cm³/mol. The van der Waals surface area contributed by atoms with Crippen molar-refractivity contribution in [3.8, 4) is 0 Å². The van der Waals surface area contributed by atoms with Crippen LogP contribution in [-0.4, -0.2) is 12.3 Å². The second kappa shape index (κ2) is 5.60. The van der Waals surface area contributed by atoms with Gasteiger partial charge in [0.1, 0.15) is 0 Å². The van der Waals surface area contributed by atoms with Crippen molar-refractivity contribution in [2.45, 2.75) is 19.3 Å². The molecule has 0 aliphatic heterocycles. The lowest BCUT2D eigenvalue weighted by Crippen LogP contribution is -2.03. The molecule has 0 atom stereocenters. The number of nitrogens with two attached hydrogens (primary N) is 1. The van der Waals surface area contributed by atoms with E-state index in [1.165, 1.54) is 0 Å². The molecule has 0 radical (unpaired) electrons. The number of hydrogen-bond acceptors (Lipinski definition) is 2. The zero-order valence-electron chi connectivity index (χ0n) is 9.86. The molecule has 2 heteroatoms. The van der Waals surface area contributed by atoms with Crippen LogP contribution in [0.15, 0.2) is 42.5 Å². The number of rotatable bonds is 5. The fraction of sp³-hybridized carbons (Fsp3) is 0.267. The van der Waals surface area contributed by atoms with Crippen LogP contribution < -0.4 is 5.73 Å². The normalized spacial score (nSPS) is 10.6. The highest BCUT2D eigenvalue weighted by Crippen LogP contribution is 2.20. The van der Waals surface area contributed by atoms with Crippen LogP contribution in [0.2, 0.25) is 0 Å². The number of hydrogen-bond donors (Lipinski definition) is 1. The van der Waals surface area contributed by atoms with Gasteiger partial charge in [0, 0.05) is 12.0 Å². The Kier molecular flexibility index (Phi) is 3.89. The Balaban J connectivity index is 2.26. The molecule has 0 saturated carbocycles. The molecule has 0 unspecified atom stereocenters. The molecule has 0 bridgehead atoms. The van der Waals surface area contributed by atoms with E-state index in [1.807, 2.05) is 42.5 Å². The van der Waals surface area contributed by atoms with E-state index >= 15 is 0 Å². The molecule has 2 rings (SSSR count). The topological polar surface area (TPSA) is 43.1 Å². The van der Waals surface area contributed by atoms with Crippen molar-refractivity contribution in [3.05, 3.63) is 48.0 Å². The molecule has 2 N–H and O–H groups in total. The Hall–Kier alpha value is -1.67. The van der Waals surface area contributed by atoms with Crippen molar-refractivity contribution >= 4 is 16.6 Å². The number of carbonyl (C=O) groups is 1. The van der Waals surface area contributed by atoms with Gasteiger partial charge in [0.05, 0.1) is 0 Å². The maximum absolute atomic E-state index is 12.1. The van der Waals surface area contributed by atoms with Crippen LogP contribution in [0.4, 0.5) is 0 Å². The summed E-state index contributed by atoms with van der Waals surface area (Å²) in [5.74, 6) is 0.218. The summed E-state index contributed by atoms with van der Waals surface area (Å²) >= 11 is 0. The maximum atomic E-state index is 12.1. The van der Waals surface area contributed by atoms with Gasteiger partial charge in [-0.15, -0.1) is 0 Å². The predicted octanol–water partition coefficient (Wildman–Crippen LogP) is 3.15. The fourth-order valence-electron chi connectivity index (χ4n) is 2.03. The summed E-state index contributed by atoms with van der Waals surface area (Å²) in [4.78, 5) is 12.1. The van der Waals surface area contributed by atoms with Gasteiger partial charge in [-0.2, -0.15) is 0 Å². The number of ketones is 1. The van der Waals surface area contributed by atoms with Crippen molar-refractivity contribution in [1.29, 1.82) is 0 Å². The summed E-state index contributed by atoms with van der Waals surface area (Å²) in [5.41, 5.74) is 6.27. The van der Waals surface area contributed by atoms with Crippen molar-refractivity contribution in [3.63, 3.8) is 0 Å². The highest BCUT2D eigenvalue weighted by Gasteiger charge is 2.08. The lowest BCUT2D eigenvalue weighted by molar-refractivity contribution is 0.0981. The minimum absolute atomic E-state index is 0.218. The first-order valence-corrected chi connectivity index (χ1v) is 6.04. The third-order valence-corrected chi connectivity index (χ3v) is 2.95. The molecule has 0 amide bonds. The standard InChI is InChI=1S/C15H17NO/c16-11-4-3-10-15(17)14-9-5-7-12-6-1-2-8-13(12)14/h1-2,5-9H,3-4,10-11,16H2. The number of fused-ring (bicyclic) bond motifs is 1. The molecule has 0 saturated heterocycles. The average molecular weight is 227 g/mol. The monoisotopic (exact) mass is 227 g/mol. The van der Waals surface area contributed by atoms with Gasteiger partial charge in [-0.1, -0.05) is 42.5 Å². The van der Waals surface area contributed by atoms with Crippen LogP contribution in [0, 0.1) is 0 Å². The molecule has 0 aliphatic rings. The molecule has 0 aromatic heterocycles. The van der Waals surface area contributed by atoms with Crippen LogP contribution in [0.1, 0.15) is 29.6 Å². The van der Waals surface area contributed by atoms with Gasteiger partial charge >= 0.3 is 0 Å². The van der Waals surface area contributed by atoms with E-state index < -0.39 is 0 Å². The average Bonchev–Trinajstić information content (AvgIpc) is 2.38. The Bertz CT molecular complexity index is 514. The van der Waals surface area contributed by atoms with E-state index in [9.17, 15) is 4.79 Å². The first-order valence-electron chi connectivity index (χ1n) is 6.04. The lowest BCUT2D eigenvalue weighted by Gasteiger charge is -2.05. The molecular formula is C15H17NO. The van der Waals surface area contributed by atoms with E-state index in [2.05, 4.69) is 0 Å². The minimum Gasteiger partial charge on any atom is -0.330 e. The summed E-state index contributed by atoms with van der Waals surface area (Å²) < 4.78 is 0.